The summed E-state index contributed by atoms with van der Waals surface area (Å²) < 4.78 is 15.8. The van der Waals surface area contributed by atoms with Gasteiger partial charge >= 0.3 is 0 Å². The molecule has 5 heteroatoms. The average Bonchev–Trinajstić information content (AvgIpc) is 2.60. The highest BCUT2D eigenvalue weighted by Gasteiger charge is 2.10. The number of nitrogens with one attached hydrogen (secondary N) is 1. The van der Waals surface area contributed by atoms with E-state index < -0.39 is 0 Å². The molecule has 122 valence electrons. The minimum Gasteiger partial charge on any atom is -0.494 e. The number of methoxy groups -OCH3 is 2. The first kappa shape index (κ1) is 16.7. The van der Waals surface area contributed by atoms with E-state index >= 15 is 0 Å². The number of hydrogen-bond donors (Lipinski definition) is 1. The van der Waals surface area contributed by atoms with Gasteiger partial charge in [0.25, 0.3) is 0 Å². The Hall–Kier alpha value is -2.69. The highest BCUT2D eigenvalue weighted by molar-refractivity contribution is 5.99. The molecule has 0 spiro atoms. The molecular formula is C18H21NO4. The number of hydrogen-bond acceptors (Lipinski definition) is 5. The SMILES string of the molecule is CCOc1ccc(NCC(=O)c2ccc(OC)c(OC)c2)cc1. The number of Topliss-reactive ketones (excluding diaryl/α,β-unsaturated/α-hetero) is 1. The van der Waals surface area contributed by atoms with Crippen molar-refractivity contribution in [1.29, 1.82) is 0 Å². The van der Waals surface area contributed by atoms with Gasteiger partial charge in [0.2, 0.25) is 0 Å². The minimum atomic E-state index is -0.0279. The fourth-order valence-electron chi connectivity index (χ4n) is 2.13. The van der Waals surface area contributed by atoms with Gasteiger partial charge in [-0.15, -0.1) is 0 Å². The van der Waals surface area contributed by atoms with Crippen LogP contribution in [0.25, 0.3) is 0 Å². The Morgan fingerprint density at radius 3 is 2.30 bits per heavy atom. The lowest BCUT2D eigenvalue weighted by Gasteiger charge is -2.10. The van der Waals surface area contributed by atoms with E-state index in [0.717, 1.165) is 11.4 Å². The van der Waals surface area contributed by atoms with Crippen molar-refractivity contribution >= 4 is 11.5 Å². The molecule has 5 nitrogen and oxygen atoms in total. The fraction of sp³-hybridized carbons (Fsp3) is 0.278. The molecular weight excluding hydrogens is 294 g/mol. The number of ketones is 1. The van der Waals surface area contributed by atoms with Gasteiger partial charge in [0.15, 0.2) is 17.3 Å². The second-order valence-corrected chi connectivity index (χ2v) is 4.80. The zero-order valence-electron chi connectivity index (χ0n) is 13.6. The molecule has 2 aromatic rings. The molecule has 0 aliphatic rings. The molecule has 0 unspecified atom stereocenters. The van der Waals surface area contributed by atoms with Gasteiger partial charge in [-0.2, -0.15) is 0 Å². The molecule has 23 heavy (non-hydrogen) atoms. The Morgan fingerprint density at radius 1 is 1.00 bits per heavy atom. The molecule has 0 radical (unpaired) electrons. The van der Waals surface area contributed by atoms with Crippen molar-refractivity contribution in [3.05, 3.63) is 48.0 Å². The van der Waals surface area contributed by atoms with E-state index in [1.54, 1.807) is 32.4 Å². The third-order valence-corrected chi connectivity index (χ3v) is 3.32. The van der Waals surface area contributed by atoms with E-state index in [9.17, 15) is 4.79 Å². The van der Waals surface area contributed by atoms with Crippen molar-refractivity contribution in [2.75, 3.05) is 32.7 Å². The zero-order valence-corrected chi connectivity index (χ0v) is 13.6. The summed E-state index contributed by atoms with van der Waals surface area (Å²) in [6, 6.07) is 12.6. The van der Waals surface area contributed by atoms with E-state index in [1.807, 2.05) is 31.2 Å². The van der Waals surface area contributed by atoms with E-state index in [0.29, 0.717) is 23.7 Å². The number of rotatable bonds is 8. The van der Waals surface area contributed by atoms with Crippen molar-refractivity contribution in [2.24, 2.45) is 0 Å². The summed E-state index contributed by atoms with van der Waals surface area (Å²) in [6.07, 6.45) is 0. The third kappa shape index (κ3) is 4.39. The molecule has 2 aromatic carbocycles. The van der Waals surface area contributed by atoms with Gasteiger partial charge in [-0.1, -0.05) is 0 Å². The summed E-state index contributed by atoms with van der Waals surface area (Å²) in [5, 5.41) is 3.10. The summed E-state index contributed by atoms with van der Waals surface area (Å²) in [4.78, 5) is 12.3. The number of anilines is 1. The molecule has 0 amide bonds. The van der Waals surface area contributed by atoms with Crippen LogP contribution in [0, 0.1) is 0 Å². The number of benzene rings is 2. The molecule has 0 aliphatic heterocycles. The maximum Gasteiger partial charge on any atom is 0.181 e. The van der Waals surface area contributed by atoms with Gasteiger partial charge in [-0.05, 0) is 49.4 Å². The Bertz CT molecular complexity index is 653. The minimum absolute atomic E-state index is 0.0279. The molecule has 1 N–H and O–H groups in total. The van der Waals surface area contributed by atoms with Crippen LogP contribution in [0.15, 0.2) is 42.5 Å². The van der Waals surface area contributed by atoms with Crippen LogP contribution in [0.1, 0.15) is 17.3 Å². The summed E-state index contributed by atoms with van der Waals surface area (Å²) in [6.45, 7) is 2.77. The molecule has 0 atom stereocenters. The number of ether oxygens (including phenoxy) is 3. The Labute approximate surface area is 136 Å². The normalized spacial score (nSPS) is 10.0. The first-order valence-corrected chi connectivity index (χ1v) is 7.40. The Kier molecular flexibility index (Phi) is 5.86. The lowest BCUT2D eigenvalue weighted by atomic mass is 10.1. The van der Waals surface area contributed by atoms with Crippen LogP contribution in [0.2, 0.25) is 0 Å². The first-order valence-electron chi connectivity index (χ1n) is 7.40. The maximum absolute atomic E-state index is 12.3. The van der Waals surface area contributed by atoms with E-state index in [1.165, 1.54) is 0 Å². The summed E-state index contributed by atoms with van der Waals surface area (Å²) >= 11 is 0. The van der Waals surface area contributed by atoms with Crippen molar-refractivity contribution in [1.82, 2.24) is 0 Å². The molecule has 0 aliphatic carbocycles. The average molecular weight is 315 g/mol. The highest BCUT2D eigenvalue weighted by Crippen LogP contribution is 2.27. The highest BCUT2D eigenvalue weighted by atomic mass is 16.5. The van der Waals surface area contributed by atoms with Crippen LogP contribution in [0.3, 0.4) is 0 Å². The second kappa shape index (κ2) is 8.08. The topological polar surface area (TPSA) is 56.8 Å². The molecule has 0 bridgehead atoms. The summed E-state index contributed by atoms with van der Waals surface area (Å²) in [5.74, 6) is 1.92. The van der Waals surface area contributed by atoms with Gasteiger partial charge in [-0.3, -0.25) is 4.79 Å². The third-order valence-electron chi connectivity index (χ3n) is 3.32. The number of carbonyl (C=O) groups excluding carboxylic acids is 1. The molecule has 2 rings (SSSR count). The molecule has 0 heterocycles. The van der Waals surface area contributed by atoms with Gasteiger partial charge in [0, 0.05) is 11.3 Å². The van der Waals surface area contributed by atoms with Crippen molar-refractivity contribution in [2.45, 2.75) is 6.92 Å². The monoisotopic (exact) mass is 315 g/mol. The van der Waals surface area contributed by atoms with Crippen molar-refractivity contribution in [3.63, 3.8) is 0 Å². The van der Waals surface area contributed by atoms with E-state index in [2.05, 4.69) is 5.32 Å². The summed E-state index contributed by atoms with van der Waals surface area (Å²) in [5.41, 5.74) is 1.43. The van der Waals surface area contributed by atoms with Crippen molar-refractivity contribution in [3.8, 4) is 17.2 Å². The largest absolute Gasteiger partial charge is 0.494 e. The molecule has 0 saturated heterocycles. The van der Waals surface area contributed by atoms with Gasteiger partial charge in [0.05, 0.1) is 27.4 Å². The van der Waals surface area contributed by atoms with E-state index in [4.69, 9.17) is 14.2 Å². The number of carbonyl (C=O) groups is 1. The van der Waals surface area contributed by atoms with Crippen LogP contribution in [-0.2, 0) is 0 Å². The van der Waals surface area contributed by atoms with E-state index in [-0.39, 0.29) is 12.3 Å². The van der Waals surface area contributed by atoms with Crippen LogP contribution in [-0.4, -0.2) is 33.2 Å². The lowest BCUT2D eigenvalue weighted by Crippen LogP contribution is -2.14. The predicted molar refractivity (Wildman–Crippen MR) is 90.0 cm³/mol. The van der Waals surface area contributed by atoms with Gasteiger partial charge in [0.1, 0.15) is 5.75 Å². The standard InChI is InChI=1S/C18H21NO4/c1-4-23-15-8-6-14(7-9-15)19-12-16(20)13-5-10-17(21-2)18(11-13)22-3/h5-11,19H,4,12H2,1-3H3. The summed E-state index contributed by atoms with van der Waals surface area (Å²) in [7, 11) is 3.11. The smallest absolute Gasteiger partial charge is 0.181 e. The molecule has 0 aromatic heterocycles. The Morgan fingerprint density at radius 2 is 1.70 bits per heavy atom. The fourth-order valence-corrected chi connectivity index (χ4v) is 2.13. The van der Waals surface area contributed by atoms with Crippen LogP contribution in [0.4, 0.5) is 5.69 Å². The van der Waals surface area contributed by atoms with Crippen LogP contribution >= 0.6 is 0 Å². The lowest BCUT2D eigenvalue weighted by molar-refractivity contribution is 0.101. The predicted octanol–water partition coefficient (Wildman–Crippen LogP) is 3.40. The van der Waals surface area contributed by atoms with Crippen molar-refractivity contribution < 1.29 is 19.0 Å². The van der Waals surface area contributed by atoms with Crippen LogP contribution in [0.5, 0.6) is 17.2 Å². The quantitative estimate of drug-likeness (QED) is 0.757. The molecule has 0 fully saturated rings. The first-order chi connectivity index (χ1) is 11.2. The zero-order chi connectivity index (χ0) is 16.7. The maximum atomic E-state index is 12.3. The second-order valence-electron chi connectivity index (χ2n) is 4.80. The molecule has 0 saturated carbocycles. The Balaban J connectivity index is 1.99. The van der Waals surface area contributed by atoms with Gasteiger partial charge < -0.3 is 19.5 Å². The van der Waals surface area contributed by atoms with Crippen LogP contribution < -0.4 is 19.5 Å². The van der Waals surface area contributed by atoms with Gasteiger partial charge in [-0.25, -0.2) is 0 Å².